The average molecular weight is 480 g/mol. The summed E-state index contributed by atoms with van der Waals surface area (Å²) in [6.07, 6.45) is -0.653. The number of thioether (sulfide) groups is 1. The number of halogens is 1. The lowest BCUT2D eigenvalue weighted by Gasteiger charge is -2.12. The van der Waals surface area contributed by atoms with Crippen molar-refractivity contribution in [1.29, 1.82) is 0 Å². The van der Waals surface area contributed by atoms with E-state index in [2.05, 4.69) is 10.2 Å². The molecule has 0 radical (unpaired) electrons. The third-order valence-electron chi connectivity index (χ3n) is 4.55. The van der Waals surface area contributed by atoms with Crippen molar-refractivity contribution in [3.8, 4) is 17.2 Å². The first kappa shape index (κ1) is 24.2. The van der Waals surface area contributed by atoms with Gasteiger partial charge in [0.2, 0.25) is 0 Å². The molecule has 1 aromatic heterocycles. The van der Waals surface area contributed by atoms with E-state index in [1.54, 1.807) is 26.4 Å². The summed E-state index contributed by atoms with van der Waals surface area (Å²) in [5.41, 5.74) is 0.930. The molecule has 0 aliphatic rings. The molecule has 3 aromatic rings. The highest BCUT2D eigenvalue weighted by Crippen LogP contribution is 2.28. The van der Waals surface area contributed by atoms with E-state index in [9.17, 15) is 5.11 Å². The molecule has 0 saturated carbocycles. The van der Waals surface area contributed by atoms with Gasteiger partial charge in [-0.05, 0) is 29.8 Å². The second-order valence-corrected chi connectivity index (χ2v) is 8.24. The molecule has 0 saturated heterocycles. The van der Waals surface area contributed by atoms with E-state index >= 15 is 0 Å². The van der Waals surface area contributed by atoms with Gasteiger partial charge in [0.15, 0.2) is 22.5 Å². The zero-order valence-electron chi connectivity index (χ0n) is 18.2. The van der Waals surface area contributed by atoms with Crippen molar-refractivity contribution < 1.29 is 24.1 Å². The fourth-order valence-corrected chi connectivity index (χ4v) is 3.83. The van der Waals surface area contributed by atoms with Crippen molar-refractivity contribution in [2.45, 2.75) is 24.5 Å². The summed E-state index contributed by atoms with van der Waals surface area (Å²) in [6, 6.07) is 12.8. The lowest BCUT2D eigenvalue weighted by Crippen LogP contribution is -2.18. The van der Waals surface area contributed by atoms with Gasteiger partial charge in [-0.25, -0.2) is 0 Å². The zero-order chi connectivity index (χ0) is 22.9. The predicted molar refractivity (Wildman–Crippen MR) is 123 cm³/mol. The van der Waals surface area contributed by atoms with E-state index in [4.69, 9.17) is 30.5 Å². The van der Waals surface area contributed by atoms with Crippen molar-refractivity contribution in [3.63, 3.8) is 0 Å². The fraction of sp³-hybridized carbons (Fsp3) is 0.364. The van der Waals surface area contributed by atoms with Gasteiger partial charge >= 0.3 is 0 Å². The standard InChI is InChI=1S/C22H26ClN3O5S/c1-26-21(13-31-18-7-5-4-6-17(18)23)24-25-22(26)32-14-16(27)12-30-11-15-8-9-19(28-2)20(10-15)29-3/h4-10,16,27H,11-14H2,1-3H3. The maximum atomic E-state index is 10.3. The number of benzene rings is 2. The van der Waals surface area contributed by atoms with Crippen LogP contribution in [0.1, 0.15) is 11.4 Å². The summed E-state index contributed by atoms with van der Waals surface area (Å²) in [5.74, 6) is 2.97. The highest BCUT2D eigenvalue weighted by molar-refractivity contribution is 7.99. The predicted octanol–water partition coefficient (Wildman–Crippen LogP) is 3.73. The molecular formula is C22H26ClN3O5S. The van der Waals surface area contributed by atoms with Gasteiger partial charge < -0.3 is 28.6 Å². The number of nitrogens with zero attached hydrogens (tertiary/aromatic N) is 3. The Morgan fingerprint density at radius 3 is 2.56 bits per heavy atom. The number of para-hydroxylation sites is 1. The Morgan fingerprint density at radius 2 is 1.81 bits per heavy atom. The lowest BCUT2D eigenvalue weighted by molar-refractivity contribution is 0.0397. The second-order valence-electron chi connectivity index (χ2n) is 6.85. The molecule has 10 heteroatoms. The van der Waals surface area contributed by atoms with E-state index in [1.807, 2.05) is 41.9 Å². The molecule has 2 aromatic carbocycles. The van der Waals surface area contributed by atoms with E-state index < -0.39 is 6.10 Å². The monoisotopic (exact) mass is 479 g/mol. The Labute approximate surface area is 196 Å². The highest BCUT2D eigenvalue weighted by atomic mass is 35.5. The third kappa shape index (κ3) is 6.52. The largest absolute Gasteiger partial charge is 0.493 e. The maximum Gasteiger partial charge on any atom is 0.191 e. The number of aromatic nitrogens is 3. The summed E-state index contributed by atoms with van der Waals surface area (Å²) < 4.78 is 23.7. The Morgan fingerprint density at radius 1 is 1.03 bits per heavy atom. The van der Waals surface area contributed by atoms with E-state index in [0.29, 0.717) is 45.6 Å². The van der Waals surface area contributed by atoms with Crippen LogP contribution in [0.25, 0.3) is 0 Å². The van der Waals surface area contributed by atoms with Crippen LogP contribution in [0.15, 0.2) is 47.6 Å². The number of hydrogen-bond acceptors (Lipinski definition) is 8. The van der Waals surface area contributed by atoms with Crippen LogP contribution in [0, 0.1) is 0 Å². The van der Waals surface area contributed by atoms with Gasteiger partial charge in [0.25, 0.3) is 0 Å². The first-order valence-electron chi connectivity index (χ1n) is 9.87. The zero-order valence-corrected chi connectivity index (χ0v) is 19.7. The molecular weight excluding hydrogens is 454 g/mol. The Kier molecular flexibility index (Phi) is 9.04. The van der Waals surface area contributed by atoms with Crippen LogP contribution in [0.2, 0.25) is 5.02 Å². The third-order valence-corrected chi connectivity index (χ3v) is 6.03. The van der Waals surface area contributed by atoms with Crippen LogP contribution >= 0.6 is 23.4 Å². The highest BCUT2D eigenvalue weighted by Gasteiger charge is 2.14. The SMILES string of the molecule is COc1ccc(COCC(O)CSc2nnc(COc3ccccc3Cl)n2C)cc1OC. The molecule has 8 nitrogen and oxygen atoms in total. The van der Waals surface area contributed by atoms with Crippen LogP contribution in [0.4, 0.5) is 0 Å². The van der Waals surface area contributed by atoms with E-state index in [1.165, 1.54) is 11.8 Å². The number of ether oxygens (including phenoxy) is 4. The number of aliphatic hydroxyl groups is 1. The average Bonchev–Trinajstić information content (AvgIpc) is 3.16. The van der Waals surface area contributed by atoms with Gasteiger partial charge in [0.1, 0.15) is 12.4 Å². The van der Waals surface area contributed by atoms with Crippen LogP contribution in [-0.2, 0) is 25.0 Å². The van der Waals surface area contributed by atoms with Crippen molar-refractivity contribution in [1.82, 2.24) is 14.8 Å². The Hall–Kier alpha value is -2.46. The van der Waals surface area contributed by atoms with Gasteiger partial charge in [-0.2, -0.15) is 0 Å². The first-order chi connectivity index (χ1) is 15.5. The fourth-order valence-electron chi connectivity index (χ4n) is 2.80. The normalized spacial score (nSPS) is 11.9. The maximum absolute atomic E-state index is 10.3. The Balaban J connectivity index is 1.43. The van der Waals surface area contributed by atoms with Crippen molar-refractivity contribution in [3.05, 3.63) is 58.9 Å². The molecule has 0 spiro atoms. The van der Waals surface area contributed by atoms with Gasteiger partial charge in [-0.15, -0.1) is 10.2 Å². The first-order valence-corrected chi connectivity index (χ1v) is 11.2. The Bertz CT molecular complexity index is 1020. The minimum atomic E-state index is -0.653. The number of aliphatic hydroxyl groups excluding tert-OH is 1. The minimum Gasteiger partial charge on any atom is -0.493 e. The number of methoxy groups -OCH3 is 2. The van der Waals surface area contributed by atoms with Gasteiger partial charge in [-0.1, -0.05) is 41.6 Å². The molecule has 0 aliphatic heterocycles. The number of hydrogen-bond donors (Lipinski definition) is 1. The summed E-state index contributed by atoms with van der Waals surface area (Å²) >= 11 is 7.51. The van der Waals surface area contributed by atoms with Crippen molar-refractivity contribution in [2.24, 2.45) is 7.05 Å². The molecule has 0 fully saturated rings. The molecule has 1 unspecified atom stereocenters. The van der Waals surface area contributed by atoms with Gasteiger partial charge in [0, 0.05) is 12.8 Å². The van der Waals surface area contributed by atoms with E-state index in [-0.39, 0.29) is 13.2 Å². The van der Waals surface area contributed by atoms with Gasteiger partial charge in [0.05, 0.1) is 38.6 Å². The van der Waals surface area contributed by atoms with Gasteiger partial charge in [-0.3, -0.25) is 0 Å². The number of rotatable bonds is 12. The van der Waals surface area contributed by atoms with Crippen LogP contribution < -0.4 is 14.2 Å². The quantitative estimate of drug-likeness (QED) is 0.393. The molecule has 0 amide bonds. The molecule has 1 N–H and O–H groups in total. The minimum absolute atomic E-state index is 0.196. The summed E-state index contributed by atoms with van der Waals surface area (Å²) in [7, 11) is 5.03. The molecule has 0 bridgehead atoms. The van der Waals surface area contributed by atoms with Crippen LogP contribution in [-0.4, -0.2) is 52.6 Å². The van der Waals surface area contributed by atoms with E-state index in [0.717, 1.165) is 5.56 Å². The molecule has 3 rings (SSSR count). The lowest BCUT2D eigenvalue weighted by atomic mass is 10.2. The molecule has 0 aliphatic carbocycles. The van der Waals surface area contributed by atoms with Crippen LogP contribution in [0.5, 0.6) is 17.2 Å². The summed E-state index contributed by atoms with van der Waals surface area (Å²) in [5, 5.41) is 19.8. The summed E-state index contributed by atoms with van der Waals surface area (Å²) in [6.45, 7) is 0.794. The molecule has 172 valence electrons. The van der Waals surface area contributed by atoms with Crippen molar-refractivity contribution >= 4 is 23.4 Å². The van der Waals surface area contributed by atoms with Crippen LogP contribution in [0.3, 0.4) is 0 Å². The summed E-state index contributed by atoms with van der Waals surface area (Å²) in [4.78, 5) is 0. The molecule has 1 heterocycles. The molecule has 1 atom stereocenters. The smallest absolute Gasteiger partial charge is 0.191 e. The molecule has 32 heavy (non-hydrogen) atoms. The van der Waals surface area contributed by atoms with Crippen molar-refractivity contribution in [2.75, 3.05) is 26.6 Å². The topological polar surface area (TPSA) is 87.9 Å². The second kappa shape index (κ2) is 12.0.